The van der Waals surface area contributed by atoms with E-state index in [0.29, 0.717) is 11.4 Å². The molecule has 6 heteroatoms. The van der Waals surface area contributed by atoms with Crippen LogP contribution in [0.4, 0.5) is 11.4 Å². The highest BCUT2D eigenvalue weighted by atomic mass is 16.2. The second-order valence-corrected chi connectivity index (χ2v) is 10.7. The fourth-order valence-electron chi connectivity index (χ4n) is 4.18. The van der Waals surface area contributed by atoms with Gasteiger partial charge in [-0.1, -0.05) is 20.8 Å². The van der Waals surface area contributed by atoms with E-state index in [0.717, 1.165) is 17.5 Å². The molecule has 0 radical (unpaired) electrons. The number of aryl methyl sites for hydroxylation is 2. The molecule has 1 aliphatic rings. The minimum Gasteiger partial charge on any atom is -0.351 e. The summed E-state index contributed by atoms with van der Waals surface area (Å²) < 4.78 is 0. The van der Waals surface area contributed by atoms with E-state index in [1.165, 1.54) is 0 Å². The van der Waals surface area contributed by atoms with Crippen molar-refractivity contribution >= 4 is 29.1 Å². The molecular weight excluding hydrogens is 366 g/mol. The van der Waals surface area contributed by atoms with Crippen LogP contribution in [0.2, 0.25) is 0 Å². The Labute approximate surface area is 174 Å². The number of anilines is 2. The van der Waals surface area contributed by atoms with E-state index in [1.54, 1.807) is 13.8 Å². The van der Waals surface area contributed by atoms with Crippen LogP contribution in [-0.2, 0) is 14.4 Å². The summed E-state index contributed by atoms with van der Waals surface area (Å²) in [6.45, 7) is 17.4. The molecule has 0 saturated heterocycles. The zero-order chi connectivity index (χ0) is 22.4. The highest BCUT2D eigenvalue weighted by Crippen LogP contribution is 2.36. The Balaban J connectivity index is 2.31. The normalized spacial score (nSPS) is 15.9. The van der Waals surface area contributed by atoms with Crippen molar-refractivity contribution in [1.82, 2.24) is 5.32 Å². The molecule has 160 valence electrons. The van der Waals surface area contributed by atoms with E-state index in [2.05, 4.69) is 36.7 Å². The lowest BCUT2D eigenvalue weighted by Crippen LogP contribution is -2.55. The van der Waals surface area contributed by atoms with Crippen LogP contribution >= 0.6 is 0 Å². The van der Waals surface area contributed by atoms with Gasteiger partial charge in [0.25, 0.3) is 0 Å². The van der Waals surface area contributed by atoms with Gasteiger partial charge in [-0.3, -0.25) is 14.4 Å². The lowest BCUT2D eigenvalue weighted by molar-refractivity contribution is -0.145. The quantitative estimate of drug-likeness (QED) is 0.662. The van der Waals surface area contributed by atoms with Crippen LogP contribution in [-0.4, -0.2) is 23.3 Å². The van der Waals surface area contributed by atoms with Crippen LogP contribution in [0.25, 0.3) is 0 Å². The fraction of sp³-hybridized carbons (Fsp3) is 0.609. The molecule has 0 aliphatic carbocycles. The van der Waals surface area contributed by atoms with Crippen LogP contribution < -0.4 is 16.0 Å². The first kappa shape index (κ1) is 22.9. The molecular formula is C23H35N3O3. The number of benzene rings is 1. The van der Waals surface area contributed by atoms with Crippen LogP contribution in [0, 0.1) is 30.6 Å². The lowest BCUT2D eigenvalue weighted by Gasteiger charge is -2.37. The fourth-order valence-corrected chi connectivity index (χ4v) is 4.18. The molecule has 2 rings (SSSR count). The minimum absolute atomic E-state index is 0.0232. The van der Waals surface area contributed by atoms with Crippen molar-refractivity contribution < 1.29 is 14.4 Å². The molecule has 3 amide bonds. The number of carbonyl (C=O) groups excluding carboxylic acids is 3. The van der Waals surface area contributed by atoms with Gasteiger partial charge in [0.05, 0.1) is 16.8 Å². The average molecular weight is 402 g/mol. The van der Waals surface area contributed by atoms with Gasteiger partial charge >= 0.3 is 0 Å². The number of carbonyl (C=O) groups is 3. The van der Waals surface area contributed by atoms with Gasteiger partial charge in [0.2, 0.25) is 17.7 Å². The van der Waals surface area contributed by atoms with E-state index in [4.69, 9.17) is 0 Å². The van der Waals surface area contributed by atoms with Crippen molar-refractivity contribution in [2.75, 3.05) is 10.6 Å². The van der Waals surface area contributed by atoms with Gasteiger partial charge in [-0.25, -0.2) is 0 Å². The van der Waals surface area contributed by atoms with Crippen molar-refractivity contribution in [1.29, 1.82) is 0 Å². The van der Waals surface area contributed by atoms with Gasteiger partial charge in [-0.15, -0.1) is 0 Å². The second-order valence-electron chi connectivity index (χ2n) is 10.7. The summed E-state index contributed by atoms with van der Waals surface area (Å²) >= 11 is 0. The highest BCUT2D eigenvalue weighted by molar-refractivity contribution is 6.18. The first-order chi connectivity index (χ1) is 13.0. The van der Waals surface area contributed by atoms with Gasteiger partial charge in [-0.2, -0.15) is 0 Å². The number of rotatable bonds is 4. The summed E-state index contributed by atoms with van der Waals surface area (Å²) in [6, 6.07) is 3.68. The summed E-state index contributed by atoms with van der Waals surface area (Å²) in [5.74, 6) is -2.42. The maximum Gasteiger partial charge on any atom is 0.238 e. The molecule has 0 aromatic heterocycles. The third kappa shape index (κ3) is 5.17. The Kier molecular flexibility index (Phi) is 5.90. The number of amides is 3. The first-order valence-electron chi connectivity index (χ1n) is 10.1. The van der Waals surface area contributed by atoms with Crippen molar-refractivity contribution in [3.8, 4) is 0 Å². The minimum atomic E-state index is -1.23. The van der Waals surface area contributed by atoms with E-state index in [-0.39, 0.29) is 11.3 Å². The molecule has 0 bridgehead atoms. The number of nitrogens with one attached hydrogen (secondary N) is 3. The zero-order valence-electron chi connectivity index (χ0n) is 19.2. The Hall–Kier alpha value is -2.37. The smallest absolute Gasteiger partial charge is 0.238 e. The monoisotopic (exact) mass is 401 g/mol. The molecule has 0 unspecified atom stereocenters. The summed E-state index contributed by atoms with van der Waals surface area (Å²) in [6.07, 6.45) is 0.759. The molecule has 1 heterocycles. The molecule has 29 heavy (non-hydrogen) atoms. The van der Waals surface area contributed by atoms with Crippen molar-refractivity contribution in [2.24, 2.45) is 16.7 Å². The average Bonchev–Trinajstić information content (AvgIpc) is 2.60. The van der Waals surface area contributed by atoms with E-state index in [9.17, 15) is 14.4 Å². The predicted octanol–water partition coefficient (Wildman–Crippen LogP) is 4.17. The largest absolute Gasteiger partial charge is 0.351 e. The standard InChI is InChI=1S/C23H35N3O3/c1-13-10-15-16(11-14(13)2)25-19(28)17(18(27)24-15)23(8,9)20(29)26-22(6,7)12-21(3,4)5/h10-11,17H,12H2,1-9H3,(H,24,27)(H,25,28)(H,26,29). The third-order valence-corrected chi connectivity index (χ3v) is 5.41. The summed E-state index contributed by atoms with van der Waals surface area (Å²) in [5, 5.41) is 8.71. The number of fused-ring (bicyclic) bond motifs is 1. The van der Waals surface area contributed by atoms with Gasteiger partial charge < -0.3 is 16.0 Å². The molecule has 6 nitrogen and oxygen atoms in total. The number of hydrogen-bond acceptors (Lipinski definition) is 3. The van der Waals surface area contributed by atoms with Crippen LogP contribution in [0.5, 0.6) is 0 Å². The topological polar surface area (TPSA) is 87.3 Å². The Morgan fingerprint density at radius 2 is 1.31 bits per heavy atom. The van der Waals surface area contributed by atoms with Crippen LogP contribution in [0.1, 0.15) is 66.0 Å². The van der Waals surface area contributed by atoms with E-state index in [1.807, 2.05) is 39.8 Å². The van der Waals surface area contributed by atoms with E-state index < -0.39 is 28.7 Å². The molecule has 1 aromatic rings. The lowest BCUT2D eigenvalue weighted by atomic mass is 9.75. The highest BCUT2D eigenvalue weighted by Gasteiger charge is 2.48. The molecule has 0 spiro atoms. The Morgan fingerprint density at radius 3 is 1.69 bits per heavy atom. The summed E-state index contributed by atoms with van der Waals surface area (Å²) in [4.78, 5) is 39.1. The molecule has 0 saturated carbocycles. The predicted molar refractivity (Wildman–Crippen MR) is 117 cm³/mol. The van der Waals surface area contributed by atoms with Gasteiger partial charge in [0, 0.05) is 5.54 Å². The van der Waals surface area contributed by atoms with Crippen molar-refractivity contribution in [3.63, 3.8) is 0 Å². The number of hydrogen-bond donors (Lipinski definition) is 3. The van der Waals surface area contributed by atoms with Gasteiger partial charge in [0.15, 0.2) is 0 Å². The third-order valence-electron chi connectivity index (χ3n) is 5.41. The summed E-state index contributed by atoms with van der Waals surface area (Å²) in [5.41, 5.74) is 1.46. The SMILES string of the molecule is Cc1cc2c(cc1C)NC(=O)C(C(C)(C)C(=O)NC(C)(C)CC(C)(C)C)C(=O)N2. The molecule has 0 atom stereocenters. The molecule has 3 N–H and O–H groups in total. The van der Waals surface area contributed by atoms with Crippen molar-refractivity contribution in [3.05, 3.63) is 23.3 Å². The summed E-state index contributed by atoms with van der Waals surface area (Å²) in [7, 11) is 0. The van der Waals surface area contributed by atoms with Crippen LogP contribution in [0.3, 0.4) is 0 Å². The zero-order valence-corrected chi connectivity index (χ0v) is 19.2. The Morgan fingerprint density at radius 1 is 0.897 bits per heavy atom. The molecule has 1 aromatic carbocycles. The maximum absolute atomic E-state index is 13.2. The van der Waals surface area contributed by atoms with E-state index >= 15 is 0 Å². The molecule has 0 fully saturated rings. The van der Waals surface area contributed by atoms with Gasteiger partial charge in [-0.05, 0) is 76.6 Å². The second kappa shape index (κ2) is 7.47. The molecule has 1 aliphatic heterocycles. The first-order valence-corrected chi connectivity index (χ1v) is 10.1. The Bertz CT molecular complexity index is 805. The van der Waals surface area contributed by atoms with Crippen LogP contribution in [0.15, 0.2) is 12.1 Å². The van der Waals surface area contributed by atoms with Crippen molar-refractivity contribution in [2.45, 2.75) is 74.3 Å². The maximum atomic E-state index is 13.2. The van der Waals surface area contributed by atoms with Gasteiger partial charge in [0.1, 0.15) is 5.92 Å².